The van der Waals surface area contributed by atoms with E-state index in [2.05, 4.69) is 14.7 Å². The van der Waals surface area contributed by atoms with E-state index in [1.165, 1.54) is 11.9 Å². The maximum Gasteiger partial charge on any atom is 0.225 e. The number of nitrogens with zero attached hydrogens (tertiary/aromatic N) is 1. The Labute approximate surface area is 133 Å². The van der Waals surface area contributed by atoms with Crippen LogP contribution in [0.5, 0.6) is 5.75 Å². The number of H-pyrrole nitrogens is 1. The van der Waals surface area contributed by atoms with Crippen molar-refractivity contribution in [3.63, 3.8) is 0 Å². The summed E-state index contributed by atoms with van der Waals surface area (Å²) in [5, 5.41) is 0.0558. The molecule has 0 saturated heterocycles. The zero-order valence-corrected chi connectivity index (χ0v) is 13.2. The van der Waals surface area contributed by atoms with Crippen molar-refractivity contribution in [3.8, 4) is 5.75 Å². The Kier molecular flexibility index (Phi) is 4.32. The van der Waals surface area contributed by atoms with E-state index in [1.54, 1.807) is 13.2 Å². The van der Waals surface area contributed by atoms with Gasteiger partial charge in [-0.3, -0.25) is 4.55 Å². The molecule has 1 unspecified atom stereocenters. The normalized spacial score (nSPS) is 12.3. The molecular formula is C14H13N3O3S2. The zero-order valence-electron chi connectivity index (χ0n) is 11.6. The van der Waals surface area contributed by atoms with Gasteiger partial charge in [0.15, 0.2) is 0 Å². The van der Waals surface area contributed by atoms with Crippen LogP contribution in [0.2, 0.25) is 0 Å². The minimum Gasteiger partial charge on any atom is -0.497 e. The summed E-state index contributed by atoms with van der Waals surface area (Å²) in [6.45, 7) is 0. The third kappa shape index (κ3) is 3.24. The third-order valence-corrected chi connectivity index (χ3v) is 4.33. The highest BCUT2D eigenvalue weighted by Gasteiger charge is 2.08. The Morgan fingerprint density at radius 2 is 2.05 bits per heavy atom. The molecule has 1 atom stereocenters. The molecule has 1 heterocycles. The topological polar surface area (TPSA) is 87.2 Å². The fraction of sp³-hybridized carbons (Fsp3) is 0.0714. The molecule has 8 heteroatoms. The molecular weight excluding hydrogens is 322 g/mol. The number of fused-ring (bicyclic) bond motifs is 1. The van der Waals surface area contributed by atoms with Crippen molar-refractivity contribution < 1.29 is 13.5 Å². The van der Waals surface area contributed by atoms with Crippen molar-refractivity contribution in [3.05, 3.63) is 42.5 Å². The summed E-state index contributed by atoms with van der Waals surface area (Å²) in [5.74, 6) is 0.805. The third-order valence-electron chi connectivity index (χ3n) is 2.97. The van der Waals surface area contributed by atoms with Crippen molar-refractivity contribution in [1.29, 1.82) is 0 Å². The number of aromatic amines is 1. The second-order valence-corrected chi connectivity index (χ2v) is 6.17. The van der Waals surface area contributed by atoms with Gasteiger partial charge in [0.05, 0.1) is 18.1 Å². The van der Waals surface area contributed by atoms with E-state index in [9.17, 15) is 4.21 Å². The van der Waals surface area contributed by atoms with Crippen LogP contribution in [0, 0.1) is 0 Å². The van der Waals surface area contributed by atoms with Crippen molar-refractivity contribution in [1.82, 2.24) is 9.97 Å². The Morgan fingerprint density at radius 1 is 1.27 bits per heavy atom. The zero-order chi connectivity index (χ0) is 15.5. The monoisotopic (exact) mass is 335 g/mol. The van der Waals surface area contributed by atoms with Crippen molar-refractivity contribution in [2.75, 3.05) is 11.8 Å². The Bertz CT molecular complexity index is 818. The minimum atomic E-state index is -2.11. The maximum atomic E-state index is 11.0. The number of hydrogen-bond acceptors (Lipinski definition) is 5. The number of hydrogen-bond donors (Lipinski definition) is 3. The van der Waals surface area contributed by atoms with E-state index in [4.69, 9.17) is 9.29 Å². The summed E-state index contributed by atoms with van der Waals surface area (Å²) in [6.07, 6.45) is 0. The van der Waals surface area contributed by atoms with E-state index in [0.29, 0.717) is 5.52 Å². The average Bonchev–Trinajstić information content (AvgIpc) is 2.97. The number of benzene rings is 2. The summed E-state index contributed by atoms with van der Waals surface area (Å²) in [5.41, 5.74) is 2.33. The maximum absolute atomic E-state index is 11.0. The quantitative estimate of drug-likeness (QED) is 0.490. The fourth-order valence-electron chi connectivity index (χ4n) is 1.89. The first-order valence-corrected chi connectivity index (χ1v) is 8.25. The highest BCUT2D eigenvalue weighted by molar-refractivity contribution is 8.00. The number of nitrogens with one attached hydrogen (secondary N) is 2. The summed E-state index contributed by atoms with van der Waals surface area (Å²) >= 11 is -0.663. The molecule has 0 fully saturated rings. The minimum absolute atomic E-state index is 0.0558. The first-order valence-electron chi connectivity index (χ1n) is 6.33. The summed E-state index contributed by atoms with van der Waals surface area (Å²) in [6, 6.07) is 13.2. The lowest BCUT2D eigenvalue weighted by molar-refractivity contribution is 0.415. The lowest BCUT2D eigenvalue weighted by atomic mass is 10.3. The van der Waals surface area contributed by atoms with Crippen LogP contribution in [0.1, 0.15) is 0 Å². The molecule has 0 radical (unpaired) electrons. The van der Waals surface area contributed by atoms with Crippen LogP contribution in [-0.4, -0.2) is 25.8 Å². The predicted octanol–water partition coefficient (Wildman–Crippen LogP) is 3.27. The van der Waals surface area contributed by atoms with Crippen LogP contribution in [-0.2, 0) is 11.1 Å². The van der Waals surface area contributed by atoms with Crippen LogP contribution in [0.3, 0.4) is 0 Å². The van der Waals surface area contributed by atoms with E-state index < -0.39 is 11.1 Å². The molecule has 0 aliphatic heterocycles. The molecule has 0 spiro atoms. The molecule has 2 aromatic carbocycles. The molecule has 0 bridgehead atoms. The van der Waals surface area contributed by atoms with Crippen molar-refractivity contribution in [2.45, 2.75) is 10.1 Å². The fourth-order valence-corrected chi connectivity index (χ4v) is 2.95. The van der Waals surface area contributed by atoms with Crippen LogP contribution >= 0.6 is 11.9 Å². The van der Waals surface area contributed by atoms with E-state index in [1.807, 2.05) is 36.4 Å². The highest BCUT2D eigenvalue weighted by Crippen LogP contribution is 2.25. The number of ether oxygens (including phenoxy) is 1. The van der Waals surface area contributed by atoms with Crippen molar-refractivity contribution in [2.24, 2.45) is 0 Å². The van der Waals surface area contributed by atoms with E-state index >= 15 is 0 Å². The summed E-state index contributed by atoms with van der Waals surface area (Å²) in [7, 11) is 1.63. The molecule has 22 heavy (non-hydrogen) atoms. The van der Waals surface area contributed by atoms with Gasteiger partial charge in [0, 0.05) is 10.6 Å². The van der Waals surface area contributed by atoms with Gasteiger partial charge in [-0.25, -0.2) is 9.19 Å². The Morgan fingerprint density at radius 3 is 2.73 bits per heavy atom. The molecule has 114 valence electrons. The van der Waals surface area contributed by atoms with Crippen LogP contribution < -0.4 is 9.46 Å². The van der Waals surface area contributed by atoms with E-state index in [-0.39, 0.29) is 5.16 Å². The first-order chi connectivity index (χ1) is 10.7. The van der Waals surface area contributed by atoms with Crippen LogP contribution in [0.25, 0.3) is 11.0 Å². The molecule has 0 saturated carbocycles. The molecule has 6 nitrogen and oxygen atoms in total. The number of anilines is 1. The van der Waals surface area contributed by atoms with Gasteiger partial charge in [-0.1, -0.05) is 0 Å². The first kappa shape index (κ1) is 14.9. The molecule has 3 aromatic rings. The molecule has 1 aromatic heterocycles. The van der Waals surface area contributed by atoms with Gasteiger partial charge >= 0.3 is 0 Å². The number of methoxy groups -OCH3 is 1. The van der Waals surface area contributed by atoms with Crippen LogP contribution in [0.4, 0.5) is 5.69 Å². The van der Waals surface area contributed by atoms with Gasteiger partial charge in [-0.2, -0.15) is 0 Å². The molecule has 3 N–H and O–H groups in total. The predicted molar refractivity (Wildman–Crippen MR) is 87.6 cm³/mol. The average molecular weight is 335 g/mol. The van der Waals surface area contributed by atoms with E-state index in [0.717, 1.165) is 21.8 Å². The van der Waals surface area contributed by atoms with Gasteiger partial charge in [0.1, 0.15) is 5.75 Å². The molecule has 3 rings (SSSR count). The number of rotatable bonds is 5. The highest BCUT2D eigenvalue weighted by atomic mass is 32.2. The number of aromatic nitrogens is 2. The van der Waals surface area contributed by atoms with Gasteiger partial charge in [0.2, 0.25) is 16.2 Å². The molecule has 0 aliphatic rings. The summed E-state index contributed by atoms with van der Waals surface area (Å²) in [4.78, 5) is 7.83. The standard InChI is InChI=1S/C14H13N3O3S2/c1-20-10-4-2-9(3-5-10)17-21-11-6-7-12-13(8-11)16-14(15-12)22(18)19/h2-8,17H,1H3,(H,15,16)(H,18,19). The van der Waals surface area contributed by atoms with Gasteiger partial charge < -0.3 is 14.4 Å². The van der Waals surface area contributed by atoms with Gasteiger partial charge in [-0.15, -0.1) is 0 Å². The second-order valence-electron chi connectivity index (χ2n) is 4.40. The van der Waals surface area contributed by atoms with Gasteiger partial charge in [-0.05, 0) is 54.4 Å². The smallest absolute Gasteiger partial charge is 0.225 e. The lowest BCUT2D eigenvalue weighted by Gasteiger charge is -2.06. The van der Waals surface area contributed by atoms with Gasteiger partial charge in [0.25, 0.3) is 0 Å². The molecule has 0 amide bonds. The summed E-state index contributed by atoms with van der Waals surface area (Å²) < 4.78 is 28.4. The van der Waals surface area contributed by atoms with Crippen molar-refractivity contribution >= 4 is 39.7 Å². The van der Waals surface area contributed by atoms with Crippen LogP contribution in [0.15, 0.2) is 52.5 Å². The largest absolute Gasteiger partial charge is 0.497 e. The SMILES string of the molecule is COc1ccc(NSc2ccc3nc(S(=O)O)[nH]c3c2)cc1. The Hall–Kier alpha value is -2.03. The Balaban J connectivity index is 1.74. The number of imidazole rings is 1. The lowest BCUT2D eigenvalue weighted by Crippen LogP contribution is -1.89. The molecule has 0 aliphatic carbocycles. The second kappa shape index (κ2) is 6.39.